The fourth-order valence-corrected chi connectivity index (χ4v) is 3.86. The van der Waals surface area contributed by atoms with Gasteiger partial charge in [-0.3, -0.25) is 9.89 Å². The molecule has 3 heterocycles. The van der Waals surface area contributed by atoms with E-state index < -0.39 is 0 Å². The maximum Gasteiger partial charge on any atom is 0.228 e. The van der Waals surface area contributed by atoms with Gasteiger partial charge >= 0.3 is 0 Å². The van der Waals surface area contributed by atoms with Crippen molar-refractivity contribution < 1.29 is 9.53 Å². The maximum atomic E-state index is 12.8. The van der Waals surface area contributed by atoms with Crippen molar-refractivity contribution in [3.05, 3.63) is 36.2 Å². The van der Waals surface area contributed by atoms with E-state index in [1.807, 2.05) is 42.2 Å². The molecule has 2 aromatic rings. The van der Waals surface area contributed by atoms with Crippen LogP contribution in [0.1, 0.15) is 37.9 Å². The molecule has 0 aliphatic carbocycles. The molecule has 132 valence electrons. The van der Waals surface area contributed by atoms with Crippen LogP contribution in [-0.2, 0) is 9.53 Å². The summed E-state index contributed by atoms with van der Waals surface area (Å²) in [7, 11) is 0. The molecule has 0 spiro atoms. The predicted octanol–water partition coefficient (Wildman–Crippen LogP) is 2.60. The quantitative estimate of drug-likeness (QED) is 0.932. The number of hydrogen-bond donors (Lipinski definition) is 1. The van der Waals surface area contributed by atoms with E-state index >= 15 is 0 Å². The summed E-state index contributed by atoms with van der Waals surface area (Å²) in [6, 6.07) is 9.96. The second kappa shape index (κ2) is 6.96. The Morgan fingerprint density at radius 3 is 2.88 bits per heavy atom. The molecular weight excluding hydrogens is 316 g/mol. The highest BCUT2D eigenvalue weighted by Gasteiger charge is 2.36. The molecule has 0 unspecified atom stereocenters. The van der Waals surface area contributed by atoms with Crippen LogP contribution in [0.2, 0.25) is 0 Å². The van der Waals surface area contributed by atoms with E-state index in [9.17, 15) is 4.79 Å². The van der Waals surface area contributed by atoms with Crippen LogP contribution in [0.15, 0.2) is 30.3 Å². The van der Waals surface area contributed by atoms with E-state index in [0.717, 1.165) is 43.0 Å². The summed E-state index contributed by atoms with van der Waals surface area (Å²) < 4.78 is 5.57. The Hall–Kier alpha value is -2.21. The van der Waals surface area contributed by atoms with Crippen LogP contribution in [-0.4, -0.2) is 51.8 Å². The molecule has 0 radical (unpaired) electrons. The van der Waals surface area contributed by atoms with Crippen molar-refractivity contribution in [1.29, 1.82) is 0 Å². The number of rotatable bonds is 3. The lowest BCUT2D eigenvalue weighted by atomic mass is 9.94. The van der Waals surface area contributed by atoms with Crippen LogP contribution in [0.25, 0.3) is 11.4 Å². The fraction of sp³-hybridized carbons (Fsp3) is 0.526. The third kappa shape index (κ3) is 3.31. The summed E-state index contributed by atoms with van der Waals surface area (Å²) in [6.07, 6.45) is 2.90. The molecule has 1 aromatic heterocycles. The topological polar surface area (TPSA) is 71.1 Å². The zero-order valence-corrected chi connectivity index (χ0v) is 14.5. The Balaban J connectivity index is 1.46. The van der Waals surface area contributed by atoms with E-state index in [0.29, 0.717) is 13.2 Å². The average Bonchev–Trinajstić information content (AvgIpc) is 3.31. The lowest BCUT2D eigenvalue weighted by Gasteiger charge is -2.33. The lowest BCUT2D eigenvalue weighted by molar-refractivity contribution is -0.138. The number of amides is 1. The Kier molecular flexibility index (Phi) is 4.53. The molecule has 0 saturated carbocycles. The predicted molar refractivity (Wildman–Crippen MR) is 93.9 cm³/mol. The summed E-state index contributed by atoms with van der Waals surface area (Å²) in [6.45, 7) is 4.24. The van der Waals surface area contributed by atoms with Gasteiger partial charge in [-0.1, -0.05) is 30.3 Å². The molecule has 6 nitrogen and oxygen atoms in total. The number of carbonyl (C=O) groups excluding carboxylic acids is 1. The third-order valence-electron chi connectivity index (χ3n) is 5.35. The molecule has 1 N–H and O–H groups in total. The molecule has 2 aliphatic rings. The Bertz CT molecular complexity index is 730. The highest BCUT2D eigenvalue weighted by molar-refractivity contribution is 5.79. The molecule has 2 aliphatic heterocycles. The largest absolute Gasteiger partial charge is 0.378 e. The molecule has 2 saturated heterocycles. The number of benzene rings is 1. The molecule has 2 fully saturated rings. The average molecular weight is 340 g/mol. The number of nitrogens with zero attached hydrogens (tertiary/aromatic N) is 3. The lowest BCUT2D eigenvalue weighted by Crippen LogP contribution is -2.44. The van der Waals surface area contributed by atoms with E-state index in [-0.39, 0.29) is 23.8 Å². The number of H-pyrrole nitrogens is 1. The molecular formula is C19H24N4O2. The van der Waals surface area contributed by atoms with Gasteiger partial charge in [0.1, 0.15) is 5.82 Å². The van der Waals surface area contributed by atoms with Crippen LogP contribution < -0.4 is 0 Å². The van der Waals surface area contributed by atoms with Gasteiger partial charge in [0, 0.05) is 31.2 Å². The fourth-order valence-electron chi connectivity index (χ4n) is 3.86. The number of aromatic nitrogens is 3. The smallest absolute Gasteiger partial charge is 0.228 e. The molecule has 1 amide bonds. The van der Waals surface area contributed by atoms with Crippen LogP contribution in [0.4, 0.5) is 0 Å². The van der Waals surface area contributed by atoms with Gasteiger partial charge in [-0.15, -0.1) is 0 Å². The normalized spacial score (nSPS) is 26.8. The van der Waals surface area contributed by atoms with Gasteiger partial charge in [-0.25, -0.2) is 4.98 Å². The second-order valence-electron chi connectivity index (χ2n) is 7.00. The van der Waals surface area contributed by atoms with Crippen molar-refractivity contribution in [1.82, 2.24) is 20.1 Å². The van der Waals surface area contributed by atoms with E-state index in [1.54, 1.807) is 0 Å². The van der Waals surface area contributed by atoms with Gasteiger partial charge in [0.2, 0.25) is 5.91 Å². The number of hydrogen-bond acceptors (Lipinski definition) is 4. The number of carbonyl (C=O) groups is 1. The molecule has 4 rings (SSSR count). The third-order valence-corrected chi connectivity index (χ3v) is 5.35. The monoisotopic (exact) mass is 340 g/mol. The Labute approximate surface area is 147 Å². The van der Waals surface area contributed by atoms with Crippen molar-refractivity contribution in [2.45, 2.75) is 38.2 Å². The van der Waals surface area contributed by atoms with Crippen molar-refractivity contribution in [2.75, 3.05) is 19.7 Å². The van der Waals surface area contributed by atoms with Crippen molar-refractivity contribution in [2.24, 2.45) is 5.92 Å². The van der Waals surface area contributed by atoms with Gasteiger partial charge in [-0.2, -0.15) is 5.10 Å². The molecule has 3 atom stereocenters. The van der Waals surface area contributed by atoms with Gasteiger partial charge in [0.05, 0.1) is 12.0 Å². The summed E-state index contributed by atoms with van der Waals surface area (Å²) in [4.78, 5) is 19.5. The Morgan fingerprint density at radius 2 is 2.12 bits per heavy atom. The summed E-state index contributed by atoms with van der Waals surface area (Å²) in [5.74, 6) is 2.06. The minimum absolute atomic E-state index is 0.00774. The van der Waals surface area contributed by atoms with Crippen molar-refractivity contribution in [3.63, 3.8) is 0 Å². The van der Waals surface area contributed by atoms with E-state index in [2.05, 4.69) is 15.2 Å². The number of piperidine rings is 1. The maximum absolute atomic E-state index is 12.8. The number of ether oxygens (including phenoxy) is 1. The van der Waals surface area contributed by atoms with Crippen LogP contribution >= 0.6 is 0 Å². The zero-order valence-electron chi connectivity index (χ0n) is 14.5. The number of nitrogens with one attached hydrogen (secondary N) is 1. The van der Waals surface area contributed by atoms with E-state index in [4.69, 9.17) is 4.74 Å². The van der Waals surface area contributed by atoms with Crippen LogP contribution in [0, 0.1) is 5.92 Å². The first-order valence-corrected chi connectivity index (χ1v) is 9.10. The van der Waals surface area contributed by atoms with Crippen LogP contribution in [0.5, 0.6) is 0 Å². The molecule has 0 bridgehead atoms. The molecule has 1 aromatic carbocycles. The Morgan fingerprint density at radius 1 is 1.28 bits per heavy atom. The van der Waals surface area contributed by atoms with Gasteiger partial charge in [0.15, 0.2) is 5.82 Å². The summed E-state index contributed by atoms with van der Waals surface area (Å²) in [5.41, 5.74) is 1.01. The van der Waals surface area contributed by atoms with E-state index in [1.165, 1.54) is 0 Å². The van der Waals surface area contributed by atoms with Crippen LogP contribution in [0.3, 0.4) is 0 Å². The first kappa shape index (κ1) is 16.3. The van der Waals surface area contributed by atoms with Gasteiger partial charge < -0.3 is 9.64 Å². The summed E-state index contributed by atoms with van der Waals surface area (Å²) in [5, 5.41) is 7.45. The minimum atomic E-state index is 0.00774. The molecule has 25 heavy (non-hydrogen) atoms. The standard InChI is InChI=1S/C19H24N4O2/c1-13-16(9-11-25-13)19(24)23-10-5-8-15(12-23)18-20-17(21-22-18)14-6-3-2-4-7-14/h2-4,6-7,13,15-16H,5,8-12H2,1H3,(H,20,21,22)/t13-,15+,16-/m0/s1. The van der Waals surface area contributed by atoms with Gasteiger partial charge in [-0.05, 0) is 26.2 Å². The first-order valence-electron chi connectivity index (χ1n) is 9.10. The highest BCUT2D eigenvalue weighted by Crippen LogP contribution is 2.29. The van der Waals surface area contributed by atoms with Gasteiger partial charge in [0.25, 0.3) is 0 Å². The van der Waals surface area contributed by atoms with Crippen molar-refractivity contribution in [3.8, 4) is 11.4 Å². The number of aromatic amines is 1. The minimum Gasteiger partial charge on any atom is -0.378 e. The van der Waals surface area contributed by atoms with Crippen molar-refractivity contribution >= 4 is 5.91 Å². The highest BCUT2D eigenvalue weighted by atomic mass is 16.5. The molecule has 6 heteroatoms. The first-order chi connectivity index (χ1) is 12.2. The SMILES string of the molecule is C[C@@H]1OCC[C@@H]1C(=O)N1CCC[C@@H](c2nc(-c3ccccc3)n[nH]2)C1. The summed E-state index contributed by atoms with van der Waals surface area (Å²) >= 11 is 0. The number of likely N-dealkylation sites (tertiary alicyclic amines) is 1. The second-order valence-corrected chi connectivity index (χ2v) is 7.00. The zero-order chi connectivity index (χ0) is 17.2.